The number of fused-ring (bicyclic) bond motifs is 1. The molecule has 0 unspecified atom stereocenters. The largest absolute Gasteiger partial charge is 0.383 e. The first-order valence-corrected chi connectivity index (χ1v) is 6.81. The van der Waals surface area contributed by atoms with Crippen LogP contribution >= 0.6 is 12.2 Å². The third-order valence-electron chi connectivity index (χ3n) is 2.77. The van der Waals surface area contributed by atoms with Crippen molar-refractivity contribution in [1.82, 2.24) is 26.4 Å². The van der Waals surface area contributed by atoms with Crippen LogP contribution in [0.2, 0.25) is 0 Å². The number of nitrogens with zero attached hydrogens (tertiary/aromatic N) is 1. The van der Waals surface area contributed by atoms with E-state index < -0.39 is 0 Å². The summed E-state index contributed by atoms with van der Waals surface area (Å²) in [5.41, 5.74) is 6.26. The van der Waals surface area contributed by atoms with Crippen molar-refractivity contribution in [2.75, 3.05) is 13.7 Å². The molecule has 8 heteroatoms. The van der Waals surface area contributed by atoms with E-state index in [0.717, 1.165) is 10.9 Å². The minimum atomic E-state index is -0.365. The Labute approximate surface area is 127 Å². The van der Waals surface area contributed by atoms with Gasteiger partial charge in [-0.05, 0) is 25.2 Å². The molecule has 1 aromatic carbocycles. The molecule has 0 aliphatic rings. The predicted molar refractivity (Wildman–Crippen MR) is 83.8 cm³/mol. The van der Waals surface area contributed by atoms with Crippen molar-refractivity contribution >= 4 is 34.1 Å². The van der Waals surface area contributed by atoms with Crippen LogP contribution in [0.4, 0.5) is 0 Å². The van der Waals surface area contributed by atoms with Crippen LogP contribution < -0.4 is 16.2 Å². The molecule has 2 rings (SSSR count). The summed E-state index contributed by atoms with van der Waals surface area (Å²) in [5.74, 6) is -0.365. The first-order chi connectivity index (χ1) is 10.1. The van der Waals surface area contributed by atoms with Gasteiger partial charge in [-0.1, -0.05) is 18.2 Å². The molecule has 21 heavy (non-hydrogen) atoms. The fourth-order valence-electron chi connectivity index (χ4n) is 1.86. The van der Waals surface area contributed by atoms with Crippen LogP contribution in [0, 0.1) is 0 Å². The Morgan fingerprint density at radius 3 is 2.95 bits per heavy atom. The first-order valence-electron chi connectivity index (χ1n) is 6.40. The van der Waals surface area contributed by atoms with Gasteiger partial charge in [-0.15, -0.1) is 0 Å². The van der Waals surface area contributed by atoms with Gasteiger partial charge in [-0.3, -0.25) is 20.7 Å². The molecule has 1 amide bonds. The van der Waals surface area contributed by atoms with Crippen molar-refractivity contribution in [3.8, 4) is 0 Å². The van der Waals surface area contributed by atoms with Gasteiger partial charge in [0, 0.05) is 18.5 Å². The Balaban J connectivity index is 1.91. The topological polar surface area (TPSA) is 91.1 Å². The van der Waals surface area contributed by atoms with E-state index in [9.17, 15) is 4.79 Å². The number of hydrazine groups is 1. The molecule has 1 aromatic heterocycles. The van der Waals surface area contributed by atoms with Gasteiger partial charge in [0.05, 0.1) is 12.1 Å². The highest BCUT2D eigenvalue weighted by Gasteiger charge is 2.13. The van der Waals surface area contributed by atoms with Gasteiger partial charge < -0.3 is 10.1 Å². The first kappa shape index (κ1) is 15.2. The molecule has 7 nitrogen and oxygen atoms in total. The molecule has 1 heterocycles. The molecule has 1 atom stereocenters. The Kier molecular flexibility index (Phi) is 5.07. The van der Waals surface area contributed by atoms with Crippen LogP contribution in [-0.4, -0.2) is 41.0 Å². The Morgan fingerprint density at radius 1 is 1.43 bits per heavy atom. The number of para-hydroxylation sites is 1. The van der Waals surface area contributed by atoms with E-state index in [4.69, 9.17) is 17.0 Å². The van der Waals surface area contributed by atoms with Gasteiger partial charge in [0.25, 0.3) is 5.91 Å². The molecule has 0 radical (unpaired) electrons. The molecule has 4 N–H and O–H groups in total. The predicted octanol–water partition coefficient (Wildman–Crippen LogP) is 0.707. The zero-order valence-corrected chi connectivity index (χ0v) is 12.6. The number of hydrogen-bond acceptors (Lipinski definition) is 4. The number of hydrogen-bond donors (Lipinski definition) is 4. The number of carbonyl (C=O) groups is 1. The number of aromatic amines is 1. The summed E-state index contributed by atoms with van der Waals surface area (Å²) in [5, 5.41) is 10.8. The normalized spacial score (nSPS) is 11.9. The van der Waals surface area contributed by atoms with Gasteiger partial charge in [0.1, 0.15) is 0 Å². The van der Waals surface area contributed by atoms with Crippen molar-refractivity contribution in [1.29, 1.82) is 0 Å². The molecule has 112 valence electrons. The number of carbonyl (C=O) groups excluding carboxylic acids is 1. The van der Waals surface area contributed by atoms with Crippen molar-refractivity contribution in [2.24, 2.45) is 0 Å². The molecule has 0 fully saturated rings. The van der Waals surface area contributed by atoms with E-state index >= 15 is 0 Å². The zero-order valence-electron chi connectivity index (χ0n) is 11.8. The van der Waals surface area contributed by atoms with Gasteiger partial charge in [0.15, 0.2) is 10.8 Å². The standard InChI is InChI=1S/C13H17N5O2S/c1-8(7-20-2)14-13(21)18-17-12(19)11-9-5-3-4-6-10(9)15-16-11/h3-6,8H,7H2,1-2H3,(H,15,16)(H,17,19)(H2,14,18,21)/t8-/m1/s1. The molecule has 0 aliphatic heterocycles. The second-order valence-corrected chi connectivity index (χ2v) is 4.94. The highest BCUT2D eigenvalue weighted by atomic mass is 32.1. The summed E-state index contributed by atoms with van der Waals surface area (Å²) in [6, 6.07) is 7.44. The lowest BCUT2D eigenvalue weighted by Crippen LogP contribution is -2.50. The summed E-state index contributed by atoms with van der Waals surface area (Å²) in [4.78, 5) is 12.1. The maximum absolute atomic E-state index is 12.1. The van der Waals surface area contributed by atoms with E-state index in [2.05, 4.69) is 26.4 Å². The summed E-state index contributed by atoms with van der Waals surface area (Å²) in [7, 11) is 1.61. The fourth-order valence-corrected chi connectivity index (χ4v) is 2.11. The third-order valence-corrected chi connectivity index (χ3v) is 2.99. The minimum absolute atomic E-state index is 0.0399. The fraction of sp³-hybridized carbons (Fsp3) is 0.308. The number of nitrogens with one attached hydrogen (secondary N) is 4. The quantitative estimate of drug-likeness (QED) is 0.491. The number of rotatable bonds is 4. The third kappa shape index (κ3) is 3.89. The monoisotopic (exact) mass is 307 g/mol. The van der Waals surface area contributed by atoms with Gasteiger partial charge in [-0.2, -0.15) is 5.10 Å². The Bertz CT molecular complexity index is 642. The van der Waals surface area contributed by atoms with Crippen molar-refractivity contribution in [3.63, 3.8) is 0 Å². The van der Waals surface area contributed by atoms with Crippen LogP contribution in [0.3, 0.4) is 0 Å². The lowest BCUT2D eigenvalue weighted by atomic mass is 10.2. The van der Waals surface area contributed by atoms with Gasteiger partial charge >= 0.3 is 0 Å². The minimum Gasteiger partial charge on any atom is -0.383 e. The smallest absolute Gasteiger partial charge is 0.290 e. The Hall–Kier alpha value is -2.19. The number of aromatic nitrogens is 2. The number of amides is 1. The molecular formula is C13H17N5O2S. The van der Waals surface area contributed by atoms with Crippen LogP contribution in [0.15, 0.2) is 24.3 Å². The molecule has 0 saturated carbocycles. The molecule has 0 bridgehead atoms. The SMILES string of the molecule is COC[C@@H](C)NC(=S)NNC(=O)c1n[nH]c2ccccc12. The molecule has 0 spiro atoms. The highest BCUT2D eigenvalue weighted by molar-refractivity contribution is 7.80. The van der Waals surface area contributed by atoms with E-state index in [-0.39, 0.29) is 11.9 Å². The lowest BCUT2D eigenvalue weighted by molar-refractivity contribution is 0.0940. The lowest BCUT2D eigenvalue weighted by Gasteiger charge is -2.16. The molecule has 0 aliphatic carbocycles. The van der Waals surface area contributed by atoms with Gasteiger partial charge in [0.2, 0.25) is 0 Å². The van der Waals surface area contributed by atoms with Gasteiger partial charge in [-0.25, -0.2) is 0 Å². The highest BCUT2D eigenvalue weighted by Crippen LogP contribution is 2.14. The van der Waals surface area contributed by atoms with Crippen molar-refractivity contribution in [3.05, 3.63) is 30.0 Å². The average Bonchev–Trinajstić information content (AvgIpc) is 2.89. The number of thiocarbonyl (C=S) groups is 1. The van der Waals surface area contributed by atoms with Crippen LogP contribution in [0.5, 0.6) is 0 Å². The number of methoxy groups -OCH3 is 1. The molecule has 2 aromatic rings. The van der Waals surface area contributed by atoms with Crippen molar-refractivity contribution in [2.45, 2.75) is 13.0 Å². The van der Waals surface area contributed by atoms with E-state index in [0.29, 0.717) is 17.4 Å². The number of ether oxygens (including phenoxy) is 1. The average molecular weight is 307 g/mol. The second kappa shape index (κ2) is 7.00. The van der Waals surface area contributed by atoms with E-state index in [1.165, 1.54) is 0 Å². The molecule has 0 saturated heterocycles. The van der Waals surface area contributed by atoms with E-state index in [1.807, 2.05) is 31.2 Å². The van der Waals surface area contributed by atoms with Crippen LogP contribution in [0.25, 0.3) is 10.9 Å². The maximum atomic E-state index is 12.1. The summed E-state index contributed by atoms with van der Waals surface area (Å²) in [6.07, 6.45) is 0. The second-order valence-electron chi connectivity index (χ2n) is 4.53. The zero-order chi connectivity index (χ0) is 15.2. The summed E-state index contributed by atoms with van der Waals surface area (Å²) in [6.45, 7) is 2.43. The maximum Gasteiger partial charge on any atom is 0.290 e. The number of benzene rings is 1. The molecular weight excluding hydrogens is 290 g/mol. The van der Waals surface area contributed by atoms with Crippen LogP contribution in [-0.2, 0) is 4.74 Å². The van der Waals surface area contributed by atoms with Crippen molar-refractivity contribution < 1.29 is 9.53 Å². The Morgan fingerprint density at radius 2 is 2.19 bits per heavy atom. The number of H-pyrrole nitrogens is 1. The van der Waals surface area contributed by atoms with E-state index in [1.54, 1.807) is 7.11 Å². The summed E-state index contributed by atoms with van der Waals surface area (Å²) < 4.78 is 4.99. The summed E-state index contributed by atoms with van der Waals surface area (Å²) >= 11 is 5.07. The van der Waals surface area contributed by atoms with Crippen LogP contribution in [0.1, 0.15) is 17.4 Å².